The average Bonchev–Trinajstić information content (AvgIpc) is 3.10. The second kappa shape index (κ2) is 6.60. The van der Waals surface area contributed by atoms with Crippen LogP contribution >= 0.6 is 23.4 Å². The van der Waals surface area contributed by atoms with Crippen molar-refractivity contribution < 1.29 is 9.59 Å². The first-order valence-corrected chi connectivity index (χ1v) is 9.81. The van der Waals surface area contributed by atoms with E-state index < -0.39 is 5.41 Å². The molecule has 0 saturated heterocycles. The molecule has 0 heterocycles. The van der Waals surface area contributed by atoms with Crippen LogP contribution in [0.25, 0.3) is 0 Å². The van der Waals surface area contributed by atoms with Crippen LogP contribution in [0.4, 0.5) is 0 Å². The molecule has 0 unspecified atom stereocenters. The molecule has 2 nitrogen and oxygen atoms in total. The summed E-state index contributed by atoms with van der Waals surface area (Å²) in [7, 11) is 0. The van der Waals surface area contributed by atoms with Crippen molar-refractivity contribution in [3.8, 4) is 0 Å². The number of benzene rings is 1. The maximum Gasteiger partial charge on any atom is 0.195 e. The lowest BCUT2D eigenvalue weighted by Gasteiger charge is -2.34. The number of carbonyl (C=O) groups excluding carboxylic acids is 2. The third-order valence-corrected chi connectivity index (χ3v) is 7.09. The number of ketones is 1. The van der Waals surface area contributed by atoms with E-state index in [0.717, 1.165) is 25.0 Å². The summed E-state index contributed by atoms with van der Waals surface area (Å²) in [6.45, 7) is 4.05. The first kappa shape index (κ1) is 17.0. The molecule has 124 valence electrons. The highest BCUT2D eigenvalue weighted by atomic mass is 35.5. The molecular weight excluding hydrogens is 328 g/mol. The van der Waals surface area contributed by atoms with Crippen LogP contribution in [-0.2, 0) is 4.79 Å². The quantitative estimate of drug-likeness (QED) is 0.696. The number of halogens is 1. The summed E-state index contributed by atoms with van der Waals surface area (Å²) < 4.78 is 0. The van der Waals surface area contributed by atoms with Gasteiger partial charge in [-0.05, 0) is 54.7 Å². The highest BCUT2D eigenvalue weighted by Crippen LogP contribution is 2.60. The molecule has 0 amide bonds. The van der Waals surface area contributed by atoms with Crippen LogP contribution in [0.5, 0.6) is 0 Å². The number of Topliss-reactive ketones (excluding diaryl/α,β-unsaturated/α-hetero) is 1. The third kappa shape index (κ3) is 2.87. The van der Waals surface area contributed by atoms with E-state index in [1.165, 1.54) is 18.2 Å². The summed E-state index contributed by atoms with van der Waals surface area (Å²) in [6, 6.07) is 7.09. The molecular formula is C19H23ClO2S. The highest BCUT2D eigenvalue weighted by Gasteiger charge is 2.59. The maximum absolute atomic E-state index is 13.1. The van der Waals surface area contributed by atoms with Crippen molar-refractivity contribution in [1.29, 1.82) is 0 Å². The van der Waals surface area contributed by atoms with Gasteiger partial charge >= 0.3 is 0 Å². The van der Waals surface area contributed by atoms with E-state index in [2.05, 4.69) is 0 Å². The Morgan fingerprint density at radius 1 is 1.26 bits per heavy atom. The van der Waals surface area contributed by atoms with E-state index in [9.17, 15) is 9.59 Å². The van der Waals surface area contributed by atoms with Gasteiger partial charge in [-0.25, -0.2) is 0 Å². The van der Waals surface area contributed by atoms with Gasteiger partial charge < -0.3 is 0 Å². The summed E-state index contributed by atoms with van der Waals surface area (Å²) >= 11 is 7.32. The minimum absolute atomic E-state index is 0.114. The Morgan fingerprint density at radius 2 is 1.96 bits per heavy atom. The monoisotopic (exact) mass is 350 g/mol. The largest absolute Gasteiger partial charge is 0.294 e. The lowest BCUT2D eigenvalue weighted by Crippen LogP contribution is -2.39. The lowest BCUT2D eigenvalue weighted by atomic mass is 9.71. The molecule has 1 aromatic carbocycles. The smallest absolute Gasteiger partial charge is 0.195 e. The fraction of sp³-hybridized carbons (Fsp3) is 0.579. The number of hydrogen-bond acceptors (Lipinski definition) is 3. The van der Waals surface area contributed by atoms with Gasteiger partial charge in [0.1, 0.15) is 0 Å². The summed E-state index contributed by atoms with van der Waals surface area (Å²) in [6.07, 6.45) is 4.30. The number of carbonyl (C=O) groups is 2. The van der Waals surface area contributed by atoms with Gasteiger partial charge in [-0.3, -0.25) is 9.59 Å². The van der Waals surface area contributed by atoms with E-state index in [0.29, 0.717) is 22.4 Å². The average molecular weight is 351 g/mol. The molecule has 0 spiro atoms. The molecule has 23 heavy (non-hydrogen) atoms. The van der Waals surface area contributed by atoms with Crippen molar-refractivity contribution in [1.82, 2.24) is 0 Å². The Kier molecular flexibility index (Phi) is 4.89. The van der Waals surface area contributed by atoms with Gasteiger partial charge in [0.15, 0.2) is 10.9 Å². The molecule has 2 aliphatic rings. The first-order valence-electron chi connectivity index (χ1n) is 8.45. The molecule has 1 aromatic rings. The van der Waals surface area contributed by atoms with Gasteiger partial charge in [0.2, 0.25) is 0 Å². The minimum Gasteiger partial charge on any atom is -0.294 e. The molecule has 0 radical (unpaired) electrons. The van der Waals surface area contributed by atoms with E-state index in [1.54, 1.807) is 24.3 Å². The van der Waals surface area contributed by atoms with Crippen LogP contribution in [0, 0.1) is 23.2 Å². The number of fused-ring (bicyclic) bond motifs is 1. The molecule has 2 fully saturated rings. The summed E-state index contributed by atoms with van der Waals surface area (Å²) in [4.78, 5) is 26.0. The fourth-order valence-corrected chi connectivity index (χ4v) is 5.68. The second-order valence-corrected chi connectivity index (χ2v) is 8.63. The Hall–Kier alpha value is -0.800. The van der Waals surface area contributed by atoms with Gasteiger partial charge in [0.05, 0.1) is 0 Å². The van der Waals surface area contributed by atoms with Crippen LogP contribution < -0.4 is 0 Å². The van der Waals surface area contributed by atoms with E-state index in [4.69, 9.17) is 11.6 Å². The van der Waals surface area contributed by atoms with Crippen LogP contribution in [-0.4, -0.2) is 16.7 Å². The third-order valence-electron chi connectivity index (χ3n) is 5.85. The molecule has 4 atom stereocenters. The molecule has 3 rings (SSSR count). The van der Waals surface area contributed by atoms with Crippen molar-refractivity contribution in [3.05, 3.63) is 34.9 Å². The van der Waals surface area contributed by atoms with E-state index in [-0.39, 0.29) is 16.8 Å². The minimum atomic E-state index is -0.515. The number of hydrogen-bond donors (Lipinski definition) is 0. The molecule has 0 bridgehead atoms. The van der Waals surface area contributed by atoms with Gasteiger partial charge in [0, 0.05) is 21.9 Å². The summed E-state index contributed by atoms with van der Waals surface area (Å²) in [5.74, 6) is 1.60. The normalized spacial score (nSPS) is 32.7. The van der Waals surface area contributed by atoms with Gasteiger partial charge in [0.25, 0.3) is 0 Å². The van der Waals surface area contributed by atoms with E-state index in [1.807, 2.05) is 13.8 Å². The predicted molar refractivity (Wildman–Crippen MR) is 96.0 cm³/mol. The topological polar surface area (TPSA) is 34.1 Å². The Balaban J connectivity index is 1.94. The van der Waals surface area contributed by atoms with Crippen molar-refractivity contribution in [2.45, 2.75) is 39.5 Å². The van der Waals surface area contributed by atoms with Gasteiger partial charge in [-0.15, -0.1) is 0 Å². The first-order chi connectivity index (χ1) is 11.0. The van der Waals surface area contributed by atoms with Gasteiger partial charge in [-0.1, -0.05) is 50.1 Å². The zero-order chi connectivity index (χ0) is 16.6. The van der Waals surface area contributed by atoms with Gasteiger partial charge in [-0.2, -0.15) is 0 Å². The summed E-state index contributed by atoms with van der Waals surface area (Å²) in [5, 5.41) is 0.840. The van der Waals surface area contributed by atoms with Crippen molar-refractivity contribution in [2.24, 2.45) is 23.2 Å². The lowest BCUT2D eigenvalue weighted by molar-refractivity contribution is -0.122. The molecule has 0 N–H and O–H groups in total. The Labute approximate surface area is 147 Å². The predicted octanol–water partition coefficient (Wildman–Crippen LogP) is 5.24. The van der Waals surface area contributed by atoms with Crippen LogP contribution in [0.15, 0.2) is 24.3 Å². The number of rotatable bonds is 4. The van der Waals surface area contributed by atoms with E-state index >= 15 is 0 Å². The standard InChI is InChI=1S/C19H23ClO2S/c1-3-23-18(22)19(2)15-6-4-5-13(15)11-16(19)17(21)12-7-9-14(20)10-8-12/h7-10,13,15-16H,3-6,11H2,1-2H3/t13-,15-,16-,19+/m1/s1. The maximum atomic E-state index is 13.1. The molecule has 0 aromatic heterocycles. The van der Waals surface area contributed by atoms with Crippen molar-refractivity contribution >= 4 is 34.3 Å². The van der Waals surface area contributed by atoms with Crippen LogP contribution in [0.3, 0.4) is 0 Å². The zero-order valence-electron chi connectivity index (χ0n) is 13.7. The number of thioether (sulfide) groups is 1. The zero-order valence-corrected chi connectivity index (χ0v) is 15.3. The van der Waals surface area contributed by atoms with Crippen LogP contribution in [0.1, 0.15) is 49.9 Å². The Bertz CT molecular complexity index is 612. The fourth-order valence-electron chi connectivity index (χ4n) is 4.69. The molecule has 4 heteroatoms. The van der Waals surface area contributed by atoms with Crippen molar-refractivity contribution in [2.75, 3.05) is 5.75 Å². The Morgan fingerprint density at radius 3 is 2.61 bits per heavy atom. The molecule has 0 aliphatic heterocycles. The van der Waals surface area contributed by atoms with Crippen molar-refractivity contribution in [3.63, 3.8) is 0 Å². The van der Waals surface area contributed by atoms with Crippen LogP contribution in [0.2, 0.25) is 5.02 Å². The molecule has 2 saturated carbocycles. The second-order valence-electron chi connectivity index (χ2n) is 6.96. The summed E-state index contributed by atoms with van der Waals surface area (Å²) in [5.41, 5.74) is 0.165. The molecule has 2 aliphatic carbocycles. The SMILES string of the molecule is CCSC(=O)[C@]1(C)[C@@H](C(=O)c2ccc(Cl)cc2)C[C@H]2CCC[C@H]21. The highest BCUT2D eigenvalue weighted by molar-refractivity contribution is 8.13.